The van der Waals surface area contributed by atoms with E-state index in [1.165, 1.54) is 24.3 Å². The largest absolute Gasteiger partial charge is 0.468 e. The van der Waals surface area contributed by atoms with E-state index in [4.69, 9.17) is 18.9 Å². The SMILES string of the molecule is COC(=O)C(C(=O)OC)C1=CN([C@@H]2O[C@H](COC(C)=O)C(OC(C)=O)C2OC(C)=O)C(O)N(C(=O)c2ccccc2)C1=O. The highest BCUT2D eigenvalue weighted by molar-refractivity contribution is 6.15. The lowest BCUT2D eigenvalue weighted by atomic mass is 9.96. The molecule has 0 aliphatic carbocycles. The summed E-state index contributed by atoms with van der Waals surface area (Å²) in [7, 11) is 1.90. The molecule has 1 aromatic rings. The molecule has 3 unspecified atom stereocenters. The van der Waals surface area contributed by atoms with Crippen molar-refractivity contribution >= 4 is 41.7 Å². The van der Waals surface area contributed by atoms with E-state index in [9.17, 15) is 38.7 Å². The molecule has 2 aliphatic heterocycles. The van der Waals surface area contributed by atoms with Gasteiger partial charge in [-0.1, -0.05) is 18.2 Å². The average molecular weight is 607 g/mol. The van der Waals surface area contributed by atoms with Crippen molar-refractivity contribution in [3.8, 4) is 0 Å². The number of rotatable bonds is 9. The third-order valence-electron chi connectivity index (χ3n) is 6.31. The summed E-state index contributed by atoms with van der Waals surface area (Å²) in [6.07, 6.45) is -7.23. The van der Waals surface area contributed by atoms with Crippen molar-refractivity contribution in [1.29, 1.82) is 0 Å². The van der Waals surface area contributed by atoms with Crippen LogP contribution in [0.2, 0.25) is 0 Å². The first-order valence-electron chi connectivity index (χ1n) is 12.7. The zero-order valence-corrected chi connectivity index (χ0v) is 23.8. The predicted octanol–water partition coefficient (Wildman–Crippen LogP) is -0.756. The second-order valence-electron chi connectivity index (χ2n) is 9.22. The number of ether oxygens (including phenoxy) is 6. The van der Waals surface area contributed by atoms with Crippen LogP contribution in [0.4, 0.5) is 0 Å². The number of imide groups is 1. The smallest absolute Gasteiger partial charge is 0.324 e. The Morgan fingerprint density at radius 3 is 1.95 bits per heavy atom. The van der Waals surface area contributed by atoms with Gasteiger partial charge in [-0.05, 0) is 12.1 Å². The van der Waals surface area contributed by atoms with Gasteiger partial charge in [0.05, 0.1) is 19.8 Å². The first-order valence-corrected chi connectivity index (χ1v) is 12.7. The Balaban J connectivity index is 2.21. The summed E-state index contributed by atoms with van der Waals surface area (Å²) in [6, 6.07) is 7.29. The van der Waals surface area contributed by atoms with Crippen LogP contribution in [0.1, 0.15) is 31.1 Å². The van der Waals surface area contributed by atoms with Gasteiger partial charge in [0.15, 0.2) is 24.4 Å². The molecular formula is C27H30N2O14. The molecule has 16 heteroatoms. The van der Waals surface area contributed by atoms with E-state index in [0.717, 1.165) is 46.1 Å². The molecule has 43 heavy (non-hydrogen) atoms. The molecule has 2 heterocycles. The molecule has 5 atom stereocenters. The van der Waals surface area contributed by atoms with Gasteiger partial charge in [-0.25, -0.2) is 4.90 Å². The summed E-state index contributed by atoms with van der Waals surface area (Å²) in [4.78, 5) is 89.4. The van der Waals surface area contributed by atoms with Gasteiger partial charge in [-0.2, -0.15) is 0 Å². The molecule has 0 radical (unpaired) electrons. The first-order chi connectivity index (χ1) is 20.3. The Hall–Kier alpha value is -4.83. The Labute approximate surface area is 245 Å². The quantitative estimate of drug-likeness (QED) is 0.159. The molecule has 2 aliphatic rings. The summed E-state index contributed by atoms with van der Waals surface area (Å²) < 4.78 is 31.0. The molecule has 16 nitrogen and oxygen atoms in total. The topological polar surface area (TPSA) is 202 Å². The maximum atomic E-state index is 13.7. The number of carbonyl (C=O) groups excluding carboxylic acids is 7. The number of esters is 5. The van der Waals surface area contributed by atoms with Crippen molar-refractivity contribution in [3.63, 3.8) is 0 Å². The van der Waals surface area contributed by atoms with E-state index in [-0.39, 0.29) is 5.56 Å². The lowest BCUT2D eigenvalue weighted by molar-refractivity contribution is -0.193. The standard InChI is InChI=1S/C27H30N2O14/c1-13(30)40-12-18-20(41-14(2)31)21(42-15(3)32)24(43-18)28-11-17(19(25(35)38-4)26(36)39-5)23(34)29(27(28)37)22(33)16-9-7-6-8-10-16/h6-11,18-21,24,27,37H,12H2,1-5H3/t18-,20?,21?,24-,27?/m1/s1. The van der Waals surface area contributed by atoms with Crippen molar-refractivity contribution < 1.29 is 67.1 Å². The van der Waals surface area contributed by atoms with Gasteiger partial charge >= 0.3 is 29.8 Å². The summed E-state index contributed by atoms with van der Waals surface area (Å²) in [5.41, 5.74) is -0.732. The Morgan fingerprint density at radius 1 is 0.884 bits per heavy atom. The molecule has 0 aromatic heterocycles. The number of hydrogen-bond acceptors (Lipinski definition) is 15. The van der Waals surface area contributed by atoms with Gasteiger partial charge in [0.2, 0.25) is 6.35 Å². The van der Waals surface area contributed by atoms with Gasteiger partial charge in [0, 0.05) is 32.5 Å². The number of aliphatic hydroxyl groups is 1. The fourth-order valence-electron chi connectivity index (χ4n) is 4.50. The number of amides is 2. The predicted molar refractivity (Wildman–Crippen MR) is 137 cm³/mol. The minimum atomic E-state index is -2.19. The van der Waals surface area contributed by atoms with Crippen LogP contribution in [-0.4, -0.2) is 108 Å². The monoisotopic (exact) mass is 606 g/mol. The number of carbonyl (C=O) groups is 7. The van der Waals surface area contributed by atoms with Crippen LogP contribution in [0.3, 0.4) is 0 Å². The van der Waals surface area contributed by atoms with Crippen molar-refractivity contribution in [3.05, 3.63) is 47.7 Å². The molecule has 0 bridgehead atoms. The van der Waals surface area contributed by atoms with E-state index >= 15 is 0 Å². The molecule has 2 amide bonds. The fraction of sp³-hybridized carbons (Fsp3) is 0.444. The van der Waals surface area contributed by atoms with Crippen molar-refractivity contribution in [2.45, 2.75) is 51.7 Å². The minimum Gasteiger partial charge on any atom is -0.468 e. The Kier molecular flexibility index (Phi) is 10.6. The fourth-order valence-corrected chi connectivity index (χ4v) is 4.50. The Morgan fingerprint density at radius 2 is 1.44 bits per heavy atom. The second kappa shape index (κ2) is 13.9. The van der Waals surface area contributed by atoms with Gasteiger partial charge in [-0.3, -0.25) is 33.6 Å². The van der Waals surface area contributed by atoms with E-state index < -0.39 is 90.7 Å². The van der Waals surface area contributed by atoms with Crippen LogP contribution in [0.25, 0.3) is 0 Å². The number of nitrogens with zero attached hydrogens (tertiary/aromatic N) is 2. The third-order valence-corrected chi connectivity index (χ3v) is 6.31. The summed E-state index contributed by atoms with van der Waals surface area (Å²) in [5.74, 6) is -9.23. The molecular weight excluding hydrogens is 576 g/mol. The number of methoxy groups -OCH3 is 2. The maximum absolute atomic E-state index is 13.7. The molecule has 232 valence electrons. The average Bonchev–Trinajstić information content (AvgIpc) is 3.28. The van der Waals surface area contributed by atoms with Gasteiger partial charge in [-0.15, -0.1) is 0 Å². The van der Waals surface area contributed by atoms with Crippen molar-refractivity contribution in [2.75, 3.05) is 20.8 Å². The van der Waals surface area contributed by atoms with Crippen molar-refractivity contribution in [1.82, 2.24) is 9.80 Å². The van der Waals surface area contributed by atoms with Crippen LogP contribution in [0, 0.1) is 5.92 Å². The second-order valence-corrected chi connectivity index (χ2v) is 9.22. The number of benzene rings is 1. The van der Waals surface area contributed by atoms with E-state index in [1.54, 1.807) is 6.07 Å². The third kappa shape index (κ3) is 7.15. The highest BCUT2D eigenvalue weighted by Gasteiger charge is 2.56. The van der Waals surface area contributed by atoms with Crippen LogP contribution >= 0.6 is 0 Å². The van der Waals surface area contributed by atoms with Crippen LogP contribution in [0.15, 0.2) is 42.1 Å². The minimum absolute atomic E-state index is 0.0572. The van der Waals surface area contributed by atoms with Crippen LogP contribution in [-0.2, 0) is 57.2 Å². The molecule has 1 saturated heterocycles. The molecule has 1 fully saturated rings. The van der Waals surface area contributed by atoms with E-state index in [2.05, 4.69) is 9.47 Å². The van der Waals surface area contributed by atoms with Gasteiger partial charge in [0.25, 0.3) is 11.8 Å². The van der Waals surface area contributed by atoms with E-state index in [0.29, 0.717) is 4.90 Å². The lowest BCUT2D eigenvalue weighted by Crippen LogP contribution is -2.61. The van der Waals surface area contributed by atoms with Crippen LogP contribution < -0.4 is 0 Å². The normalized spacial score (nSPS) is 23.3. The number of hydrogen-bond donors (Lipinski definition) is 1. The van der Waals surface area contributed by atoms with Crippen LogP contribution in [0.5, 0.6) is 0 Å². The highest BCUT2D eigenvalue weighted by atomic mass is 16.7. The van der Waals surface area contributed by atoms with E-state index in [1.807, 2.05) is 0 Å². The zero-order chi connectivity index (χ0) is 32.0. The number of aliphatic hydroxyl groups excluding tert-OH is 1. The summed E-state index contributed by atoms with van der Waals surface area (Å²) >= 11 is 0. The zero-order valence-electron chi connectivity index (χ0n) is 23.8. The maximum Gasteiger partial charge on any atom is 0.324 e. The molecule has 0 saturated carbocycles. The summed E-state index contributed by atoms with van der Waals surface area (Å²) in [5, 5.41) is 11.4. The molecule has 0 spiro atoms. The lowest BCUT2D eigenvalue weighted by Gasteiger charge is -2.42. The highest BCUT2D eigenvalue weighted by Crippen LogP contribution is 2.35. The molecule has 3 rings (SSSR count). The van der Waals surface area contributed by atoms with Crippen molar-refractivity contribution in [2.24, 2.45) is 5.92 Å². The van der Waals surface area contributed by atoms with Gasteiger partial charge in [0.1, 0.15) is 12.7 Å². The van der Waals surface area contributed by atoms with Gasteiger partial charge < -0.3 is 38.4 Å². The first kappa shape index (κ1) is 32.7. The Bertz CT molecular complexity index is 1300. The summed E-state index contributed by atoms with van der Waals surface area (Å²) in [6.45, 7) is 2.71. The molecule has 1 aromatic carbocycles. The molecule has 1 N–H and O–H groups in total.